The lowest BCUT2D eigenvalue weighted by Crippen LogP contribution is -2.30. The Morgan fingerprint density at radius 2 is 2.25 bits per heavy atom. The minimum Gasteiger partial charge on any atom is -0.258 e. The van der Waals surface area contributed by atoms with E-state index in [9.17, 15) is 22.9 Å². The summed E-state index contributed by atoms with van der Waals surface area (Å²) in [5.74, 6) is 0.886. The van der Waals surface area contributed by atoms with E-state index in [4.69, 9.17) is 0 Å². The van der Waals surface area contributed by atoms with Crippen LogP contribution in [0.2, 0.25) is 0 Å². The topological polar surface area (TPSA) is 89.3 Å². The van der Waals surface area contributed by atoms with Crippen LogP contribution in [0.25, 0.3) is 0 Å². The number of thioether (sulfide) groups is 1. The quantitative estimate of drug-likeness (QED) is 0.659. The highest BCUT2D eigenvalue weighted by atomic mass is 32.2. The summed E-state index contributed by atoms with van der Waals surface area (Å²) in [5.41, 5.74) is -1.01. The molecule has 6 nitrogen and oxygen atoms in total. The second-order valence-electron chi connectivity index (χ2n) is 4.43. The Labute approximate surface area is 120 Å². The van der Waals surface area contributed by atoms with Gasteiger partial charge in [0.1, 0.15) is 0 Å². The number of para-hydroxylation sites is 1. The Hall–Kier alpha value is -1.19. The lowest BCUT2D eigenvalue weighted by Gasteiger charge is -2.11. The smallest absolute Gasteiger partial charge is 0.258 e. The van der Waals surface area contributed by atoms with Crippen LogP contribution < -0.4 is 4.72 Å². The number of halogens is 1. The van der Waals surface area contributed by atoms with Crippen LogP contribution in [-0.4, -0.2) is 31.4 Å². The monoisotopic (exact) mass is 320 g/mol. The summed E-state index contributed by atoms with van der Waals surface area (Å²) in [6, 6.07) is 3.04. The van der Waals surface area contributed by atoms with E-state index >= 15 is 0 Å². The van der Waals surface area contributed by atoms with Gasteiger partial charge in [-0.15, -0.1) is 0 Å². The fourth-order valence-electron chi connectivity index (χ4n) is 1.94. The summed E-state index contributed by atoms with van der Waals surface area (Å²) >= 11 is 1.74. The second-order valence-corrected chi connectivity index (χ2v) is 7.31. The highest BCUT2D eigenvalue weighted by Gasteiger charge is 2.30. The average Bonchev–Trinajstić information content (AvgIpc) is 2.89. The number of benzene rings is 1. The Morgan fingerprint density at radius 3 is 2.85 bits per heavy atom. The molecule has 1 N–H and O–H groups in total. The largest absolute Gasteiger partial charge is 0.324 e. The van der Waals surface area contributed by atoms with Crippen molar-refractivity contribution in [1.82, 2.24) is 4.72 Å². The first-order valence-corrected chi connectivity index (χ1v) is 8.56. The van der Waals surface area contributed by atoms with Crippen LogP contribution in [0.5, 0.6) is 0 Å². The molecule has 0 aliphatic carbocycles. The van der Waals surface area contributed by atoms with Crippen molar-refractivity contribution in [3.05, 3.63) is 34.1 Å². The normalized spacial score (nSPS) is 19.1. The maximum Gasteiger partial charge on any atom is 0.324 e. The molecule has 110 valence electrons. The van der Waals surface area contributed by atoms with E-state index in [0.717, 1.165) is 36.1 Å². The van der Waals surface area contributed by atoms with Crippen LogP contribution in [-0.2, 0) is 10.0 Å². The molecule has 1 saturated heterocycles. The fourth-order valence-corrected chi connectivity index (χ4v) is 4.52. The number of sulfonamides is 1. The zero-order chi connectivity index (χ0) is 14.8. The van der Waals surface area contributed by atoms with Crippen molar-refractivity contribution in [2.75, 3.05) is 18.1 Å². The fraction of sp³-hybridized carbons (Fsp3) is 0.455. The van der Waals surface area contributed by atoms with Crippen molar-refractivity contribution in [1.29, 1.82) is 0 Å². The maximum atomic E-state index is 13.4. The van der Waals surface area contributed by atoms with Crippen molar-refractivity contribution < 1.29 is 17.7 Å². The van der Waals surface area contributed by atoms with E-state index in [1.165, 1.54) is 0 Å². The number of nitrogens with zero attached hydrogens (tertiary/aromatic N) is 1. The van der Waals surface area contributed by atoms with Crippen molar-refractivity contribution in [2.45, 2.75) is 11.3 Å². The summed E-state index contributed by atoms with van der Waals surface area (Å²) in [7, 11) is -4.09. The first kappa shape index (κ1) is 15.2. The zero-order valence-electron chi connectivity index (χ0n) is 10.4. The van der Waals surface area contributed by atoms with E-state index < -0.39 is 31.3 Å². The molecule has 1 unspecified atom stereocenters. The molecule has 2 rings (SSSR count). The Morgan fingerprint density at radius 1 is 1.50 bits per heavy atom. The van der Waals surface area contributed by atoms with E-state index in [1.807, 2.05) is 0 Å². The lowest BCUT2D eigenvalue weighted by atomic mass is 10.1. The molecule has 1 aliphatic rings. The minimum absolute atomic E-state index is 0.211. The van der Waals surface area contributed by atoms with Crippen LogP contribution in [0.15, 0.2) is 23.1 Å². The van der Waals surface area contributed by atoms with Gasteiger partial charge in [-0.3, -0.25) is 10.1 Å². The molecule has 0 radical (unpaired) electrons. The molecule has 1 aromatic rings. The molecule has 0 bridgehead atoms. The molecule has 0 amide bonds. The first-order chi connectivity index (χ1) is 9.42. The maximum absolute atomic E-state index is 13.4. The molecule has 9 heteroatoms. The molecule has 1 aromatic carbocycles. The highest BCUT2D eigenvalue weighted by molar-refractivity contribution is 7.99. The predicted molar refractivity (Wildman–Crippen MR) is 73.7 cm³/mol. The highest BCUT2D eigenvalue weighted by Crippen LogP contribution is 2.27. The summed E-state index contributed by atoms with van der Waals surface area (Å²) in [6.45, 7) is 0.211. The Bertz CT molecular complexity index is 615. The SMILES string of the molecule is O=[N+]([O-])c1c(F)cccc1S(=O)(=O)NCC1CCSC1. The number of hydrogen-bond donors (Lipinski definition) is 1. The molecule has 1 heterocycles. The summed E-state index contributed by atoms with van der Waals surface area (Å²) in [4.78, 5) is 9.17. The number of nitrogens with one attached hydrogen (secondary N) is 1. The molecular weight excluding hydrogens is 307 g/mol. The van der Waals surface area contributed by atoms with Gasteiger partial charge in [-0.25, -0.2) is 13.1 Å². The van der Waals surface area contributed by atoms with Gasteiger partial charge >= 0.3 is 5.69 Å². The summed E-state index contributed by atoms with van der Waals surface area (Å²) < 4.78 is 39.9. The van der Waals surface area contributed by atoms with Crippen molar-refractivity contribution in [2.24, 2.45) is 5.92 Å². The van der Waals surface area contributed by atoms with Gasteiger partial charge in [-0.05, 0) is 36.0 Å². The van der Waals surface area contributed by atoms with Crippen molar-refractivity contribution in [3.63, 3.8) is 0 Å². The van der Waals surface area contributed by atoms with Crippen LogP contribution in [0.4, 0.5) is 10.1 Å². The van der Waals surface area contributed by atoms with E-state index in [0.29, 0.717) is 0 Å². The second kappa shape index (κ2) is 6.06. The van der Waals surface area contributed by atoms with E-state index in [2.05, 4.69) is 4.72 Å². The number of hydrogen-bond acceptors (Lipinski definition) is 5. The van der Waals surface area contributed by atoms with Crippen molar-refractivity contribution in [3.8, 4) is 0 Å². The first-order valence-electron chi connectivity index (χ1n) is 5.92. The van der Waals surface area contributed by atoms with Crippen LogP contribution in [0.1, 0.15) is 6.42 Å². The molecule has 1 aliphatic heterocycles. The average molecular weight is 320 g/mol. The molecule has 0 spiro atoms. The van der Waals surface area contributed by atoms with Gasteiger partial charge in [0.25, 0.3) is 0 Å². The standard InChI is InChI=1S/C11H13FN2O4S2/c12-9-2-1-3-10(11(9)14(15)16)20(17,18)13-6-8-4-5-19-7-8/h1-3,8,13H,4-7H2. The van der Waals surface area contributed by atoms with E-state index in [-0.39, 0.29) is 12.5 Å². The number of nitro benzene ring substituents is 1. The van der Waals surface area contributed by atoms with Crippen LogP contribution >= 0.6 is 11.8 Å². The minimum atomic E-state index is -4.09. The molecule has 1 atom stereocenters. The third-order valence-electron chi connectivity index (χ3n) is 3.01. The third-order valence-corrected chi connectivity index (χ3v) is 5.69. The Kier molecular flexibility index (Phi) is 4.61. The molecule has 0 aromatic heterocycles. The van der Waals surface area contributed by atoms with Crippen molar-refractivity contribution >= 4 is 27.5 Å². The number of nitro groups is 1. The van der Waals surface area contributed by atoms with Gasteiger partial charge in [0.2, 0.25) is 15.8 Å². The zero-order valence-corrected chi connectivity index (χ0v) is 12.0. The van der Waals surface area contributed by atoms with Gasteiger partial charge in [-0.2, -0.15) is 16.2 Å². The molecule has 20 heavy (non-hydrogen) atoms. The van der Waals surface area contributed by atoms with Crippen LogP contribution in [0.3, 0.4) is 0 Å². The molecular formula is C11H13FN2O4S2. The van der Waals surface area contributed by atoms with Crippen LogP contribution in [0, 0.1) is 21.8 Å². The molecule has 0 saturated carbocycles. The predicted octanol–water partition coefficient (Wildman–Crippen LogP) is 1.77. The number of rotatable bonds is 5. The van der Waals surface area contributed by atoms with Gasteiger partial charge in [0, 0.05) is 6.54 Å². The summed E-state index contributed by atoms with van der Waals surface area (Å²) in [6.07, 6.45) is 0.901. The lowest BCUT2D eigenvalue weighted by molar-refractivity contribution is -0.390. The van der Waals surface area contributed by atoms with Gasteiger partial charge in [-0.1, -0.05) is 6.07 Å². The van der Waals surface area contributed by atoms with Gasteiger partial charge < -0.3 is 0 Å². The third kappa shape index (κ3) is 3.28. The van der Waals surface area contributed by atoms with E-state index in [1.54, 1.807) is 11.8 Å². The van der Waals surface area contributed by atoms with Gasteiger partial charge in [0.05, 0.1) is 4.92 Å². The Balaban J connectivity index is 2.24. The molecule has 1 fully saturated rings. The summed E-state index contributed by atoms with van der Waals surface area (Å²) in [5, 5.41) is 10.8. The van der Waals surface area contributed by atoms with Gasteiger partial charge in [0.15, 0.2) is 4.90 Å².